The molecule has 0 saturated heterocycles. The normalized spacial score (nSPS) is 10.6. The van der Waals surface area contributed by atoms with Gasteiger partial charge in [0.1, 0.15) is 5.75 Å². The van der Waals surface area contributed by atoms with Crippen LogP contribution in [0, 0.1) is 0 Å². The zero-order chi connectivity index (χ0) is 17.4. The number of hydrogen-bond donors (Lipinski definition) is 2. The highest BCUT2D eigenvalue weighted by Gasteiger charge is 2.03. The van der Waals surface area contributed by atoms with Gasteiger partial charge >= 0.3 is 0 Å². The van der Waals surface area contributed by atoms with Crippen molar-refractivity contribution in [3.05, 3.63) is 58.1 Å². The first kappa shape index (κ1) is 18.5. The van der Waals surface area contributed by atoms with E-state index in [0.717, 1.165) is 17.7 Å². The molecule has 0 aliphatic carbocycles. The minimum atomic E-state index is 0.308. The lowest BCUT2D eigenvalue weighted by atomic mass is 10.2. The lowest BCUT2D eigenvalue weighted by molar-refractivity contribution is 0.317. The summed E-state index contributed by atoms with van der Waals surface area (Å²) in [4.78, 5) is 0. The number of thiocarbonyl (C=S) groups is 1. The molecule has 0 radical (unpaired) electrons. The minimum absolute atomic E-state index is 0.308. The molecule has 24 heavy (non-hydrogen) atoms. The highest BCUT2D eigenvalue weighted by Crippen LogP contribution is 2.25. The van der Waals surface area contributed by atoms with E-state index in [2.05, 4.69) is 22.8 Å². The Labute approximate surface area is 156 Å². The van der Waals surface area contributed by atoms with Gasteiger partial charge in [-0.2, -0.15) is 5.10 Å². The molecular formula is C17H17Cl2N3OS. The standard InChI is InChI=1S/C17H17Cl2N3OS/c1-2-9-23-16-6-4-3-5-12(16)11-20-22-17(24)21-15-10-13(18)7-8-14(15)19/h3-8,10-11H,2,9H2,1H3,(H2,21,22,24)/b20-11-. The molecule has 0 bridgehead atoms. The van der Waals surface area contributed by atoms with Crippen LogP contribution in [0.3, 0.4) is 0 Å². The van der Waals surface area contributed by atoms with Gasteiger partial charge in [0.25, 0.3) is 0 Å². The number of nitrogens with one attached hydrogen (secondary N) is 2. The van der Waals surface area contributed by atoms with Crippen molar-refractivity contribution in [3.63, 3.8) is 0 Å². The summed E-state index contributed by atoms with van der Waals surface area (Å²) >= 11 is 17.2. The second-order valence-corrected chi connectivity index (χ2v) is 6.09. The van der Waals surface area contributed by atoms with Crippen LogP contribution in [0.25, 0.3) is 0 Å². The highest BCUT2D eigenvalue weighted by atomic mass is 35.5. The monoisotopic (exact) mass is 381 g/mol. The Morgan fingerprint density at radius 1 is 1.25 bits per heavy atom. The van der Waals surface area contributed by atoms with Crippen LogP contribution in [-0.2, 0) is 0 Å². The van der Waals surface area contributed by atoms with Crippen molar-refractivity contribution in [2.24, 2.45) is 5.10 Å². The largest absolute Gasteiger partial charge is 0.493 e. The Morgan fingerprint density at radius 2 is 2.04 bits per heavy atom. The summed E-state index contributed by atoms with van der Waals surface area (Å²) < 4.78 is 5.67. The minimum Gasteiger partial charge on any atom is -0.493 e. The van der Waals surface area contributed by atoms with Crippen LogP contribution in [-0.4, -0.2) is 17.9 Å². The lowest BCUT2D eigenvalue weighted by Crippen LogP contribution is -2.24. The summed E-state index contributed by atoms with van der Waals surface area (Å²) in [5, 5.41) is 8.46. The molecule has 2 aromatic rings. The maximum Gasteiger partial charge on any atom is 0.191 e. The van der Waals surface area contributed by atoms with Gasteiger partial charge in [-0.05, 0) is 49.0 Å². The highest BCUT2D eigenvalue weighted by molar-refractivity contribution is 7.80. The van der Waals surface area contributed by atoms with Crippen LogP contribution in [0.2, 0.25) is 10.0 Å². The number of anilines is 1. The van der Waals surface area contributed by atoms with Crippen molar-refractivity contribution in [1.29, 1.82) is 0 Å². The average Bonchev–Trinajstić information content (AvgIpc) is 2.57. The van der Waals surface area contributed by atoms with Gasteiger partial charge in [-0.15, -0.1) is 0 Å². The van der Waals surface area contributed by atoms with Gasteiger partial charge in [-0.1, -0.05) is 42.3 Å². The maximum atomic E-state index is 6.08. The van der Waals surface area contributed by atoms with Crippen LogP contribution >= 0.6 is 35.4 Å². The van der Waals surface area contributed by atoms with E-state index in [-0.39, 0.29) is 0 Å². The van der Waals surface area contributed by atoms with Gasteiger partial charge in [-0.3, -0.25) is 5.43 Å². The Hall–Kier alpha value is -1.82. The molecule has 0 fully saturated rings. The van der Waals surface area contributed by atoms with Crippen LogP contribution in [0.15, 0.2) is 47.6 Å². The van der Waals surface area contributed by atoms with E-state index in [0.29, 0.717) is 27.5 Å². The maximum absolute atomic E-state index is 6.08. The first-order valence-corrected chi connectivity index (χ1v) is 8.53. The Kier molecular flexibility index (Phi) is 7.31. The molecule has 0 atom stereocenters. The van der Waals surface area contributed by atoms with Gasteiger partial charge in [0.05, 0.1) is 23.5 Å². The van der Waals surface area contributed by atoms with E-state index in [1.165, 1.54) is 0 Å². The third-order valence-electron chi connectivity index (χ3n) is 2.93. The van der Waals surface area contributed by atoms with E-state index in [1.54, 1.807) is 24.4 Å². The molecule has 0 aliphatic rings. The van der Waals surface area contributed by atoms with E-state index >= 15 is 0 Å². The molecule has 2 rings (SSSR count). The molecule has 2 N–H and O–H groups in total. The molecule has 7 heteroatoms. The van der Waals surface area contributed by atoms with Crippen molar-refractivity contribution in [2.45, 2.75) is 13.3 Å². The average molecular weight is 382 g/mol. The third kappa shape index (κ3) is 5.67. The topological polar surface area (TPSA) is 45.6 Å². The SMILES string of the molecule is CCCOc1ccccc1/C=N\NC(=S)Nc1cc(Cl)ccc1Cl. The number of hydrazone groups is 1. The quantitative estimate of drug-likeness (QED) is 0.414. The van der Waals surface area contributed by atoms with Crippen molar-refractivity contribution >= 4 is 52.4 Å². The zero-order valence-corrected chi connectivity index (χ0v) is 15.4. The Morgan fingerprint density at radius 3 is 2.83 bits per heavy atom. The summed E-state index contributed by atoms with van der Waals surface area (Å²) in [6.07, 6.45) is 2.59. The number of hydrogen-bond acceptors (Lipinski definition) is 3. The number of nitrogens with zero attached hydrogens (tertiary/aromatic N) is 1. The lowest BCUT2D eigenvalue weighted by Gasteiger charge is -2.10. The second-order valence-electron chi connectivity index (χ2n) is 4.83. The van der Waals surface area contributed by atoms with E-state index in [4.69, 9.17) is 40.2 Å². The number of halogens is 2. The van der Waals surface area contributed by atoms with Crippen LogP contribution in [0.1, 0.15) is 18.9 Å². The van der Waals surface area contributed by atoms with E-state index < -0.39 is 0 Å². The predicted molar refractivity (Wildman–Crippen MR) is 106 cm³/mol. The van der Waals surface area contributed by atoms with Crippen molar-refractivity contribution in [3.8, 4) is 5.75 Å². The second kappa shape index (κ2) is 9.47. The smallest absolute Gasteiger partial charge is 0.191 e. The van der Waals surface area contributed by atoms with Crippen LogP contribution < -0.4 is 15.5 Å². The van der Waals surface area contributed by atoms with Crippen LogP contribution in [0.4, 0.5) is 5.69 Å². The fraction of sp³-hybridized carbons (Fsp3) is 0.176. The molecule has 2 aromatic carbocycles. The van der Waals surface area contributed by atoms with Crippen molar-refractivity contribution < 1.29 is 4.74 Å². The van der Waals surface area contributed by atoms with Crippen LogP contribution in [0.5, 0.6) is 5.75 Å². The molecule has 0 saturated carbocycles. The molecule has 126 valence electrons. The fourth-order valence-electron chi connectivity index (χ4n) is 1.83. The molecule has 0 amide bonds. The number of benzene rings is 2. The number of rotatable bonds is 6. The molecule has 0 aromatic heterocycles. The third-order valence-corrected chi connectivity index (χ3v) is 3.69. The molecule has 0 heterocycles. The zero-order valence-electron chi connectivity index (χ0n) is 13.1. The Bertz CT molecular complexity index is 738. The molecule has 0 spiro atoms. The van der Waals surface area contributed by atoms with Crippen molar-refractivity contribution in [2.75, 3.05) is 11.9 Å². The molecular weight excluding hydrogens is 365 g/mol. The van der Waals surface area contributed by atoms with Gasteiger partial charge in [-0.25, -0.2) is 0 Å². The molecule has 0 unspecified atom stereocenters. The summed E-state index contributed by atoms with van der Waals surface area (Å²) in [5.41, 5.74) is 4.22. The number of para-hydroxylation sites is 1. The fourth-order valence-corrected chi connectivity index (χ4v) is 2.33. The van der Waals surface area contributed by atoms with Gasteiger partial charge < -0.3 is 10.1 Å². The van der Waals surface area contributed by atoms with E-state index in [1.807, 2.05) is 24.3 Å². The summed E-state index contributed by atoms with van der Waals surface area (Å²) in [6.45, 7) is 2.72. The molecule has 0 aliphatic heterocycles. The first-order chi connectivity index (χ1) is 11.6. The number of ether oxygens (including phenoxy) is 1. The van der Waals surface area contributed by atoms with E-state index in [9.17, 15) is 0 Å². The summed E-state index contributed by atoms with van der Waals surface area (Å²) in [7, 11) is 0. The summed E-state index contributed by atoms with van der Waals surface area (Å²) in [6, 6.07) is 12.7. The Balaban J connectivity index is 1.96. The van der Waals surface area contributed by atoms with Crippen molar-refractivity contribution in [1.82, 2.24) is 5.43 Å². The predicted octanol–water partition coefficient (Wildman–Crippen LogP) is 5.10. The van der Waals surface area contributed by atoms with Gasteiger partial charge in [0.2, 0.25) is 0 Å². The van der Waals surface area contributed by atoms with Gasteiger partial charge in [0.15, 0.2) is 5.11 Å². The summed E-state index contributed by atoms with van der Waals surface area (Å²) in [5.74, 6) is 0.779. The molecule has 4 nitrogen and oxygen atoms in total. The van der Waals surface area contributed by atoms with Gasteiger partial charge in [0, 0.05) is 10.6 Å². The first-order valence-electron chi connectivity index (χ1n) is 7.37.